The molecule has 1 heterocycles. The molecule has 0 saturated carbocycles. The summed E-state index contributed by atoms with van der Waals surface area (Å²) >= 11 is 3.49. The van der Waals surface area contributed by atoms with Crippen LogP contribution in [-0.2, 0) is 11.2 Å². The van der Waals surface area contributed by atoms with Gasteiger partial charge in [0, 0.05) is 10.2 Å². The van der Waals surface area contributed by atoms with E-state index in [4.69, 9.17) is 4.74 Å². The van der Waals surface area contributed by atoms with Crippen molar-refractivity contribution in [1.82, 2.24) is 0 Å². The monoisotopic (exact) mass is 373 g/mol. The van der Waals surface area contributed by atoms with Gasteiger partial charge in [-0.3, -0.25) is 4.79 Å². The van der Waals surface area contributed by atoms with E-state index in [-0.39, 0.29) is 11.8 Å². The highest BCUT2D eigenvalue weighted by molar-refractivity contribution is 9.10. The molecule has 0 aliphatic carbocycles. The Morgan fingerprint density at radius 1 is 1.22 bits per heavy atom. The third-order valence-corrected chi connectivity index (χ3v) is 4.61. The van der Waals surface area contributed by atoms with Crippen molar-refractivity contribution in [1.29, 1.82) is 0 Å². The van der Waals surface area contributed by atoms with Gasteiger partial charge in [-0.25, -0.2) is 0 Å². The molecule has 3 rings (SSSR count). The predicted octanol–water partition coefficient (Wildman–Crippen LogP) is 4.91. The lowest BCUT2D eigenvalue weighted by Gasteiger charge is -2.14. The number of rotatable bonds is 6. The summed E-state index contributed by atoms with van der Waals surface area (Å²) in [5, 5.41) is 2.97. The number of nitrogens with one attached hydrogen (secondary N) is 1. The molecule has 0 unspecified atom stereocenters. The first-order valence-corrected chi connectivity index (χ1v) is 8.79. The number of ether oxygens (including phenoxy) is 1. The topological polar surface area (TPSA) is 38.3 Å². The molecular weight excluding hydrogens is 354 g/mol. The van der Waals surface area contributed by atoms with E-state index in [0.717, 1.165) is 39.9 Å². The van der Waals surface area contributed by atoms with E-state index in [1.165, 1.54) is 0 Å². The number of carbonyl (C=O) groups is 1. The molecule has 1 atom stereocenters. The van der Waals surface area contributed by atoms with Gasteiger partial charge in [-0.15, -0.1) is 0 Å². The van der Waals surface area contributed by atoms with Crippen molar-refractivity contribution < 1.29 is 9.53 Å². The predicted molar refractivity (Wildman–Crippen MR) is 96.1 cm³/mol. The molecule has 4 heteroatoms. The summed E-state index contributed by atoms with van der Waals surface area (Å²) in [4.78, 5) is 12.4. The molecule has 1 aliphatic rings. The van der Waals surface area contributed by atoms with Crippen molar-refractivity contribution in [2.24, 2.45) is 0 Å². The average molecular weight is 374 g/mol. The molecule has 0 radical (unpaired) electrons. The van der Waals surface area contributed by atoms with Crippen LogP contribution in [0.4, 0.5) is 5.69 Å². The Morgan fingerprint density at radius 3 is 2.87 bits per heavy atom. The van der Waals surface area contributed by atoms with Gasteiger partial charge in [0.1, 0.15) is 5.75 Å². The molecule has 0 spiro atoms. The maximum atomic E-state index is 12.4. The van der Waals surface area contributed by atoms with E-state index in [1.807, 2.05) is 42.5 Å². The van der Waals surface area contributed by atoms with E-state index >= 15 is 0 Å². The molecular formula is C19H20BrNO2. The lowest BCUT2D eigenvalue weighted by Crippen LogP contribution is -2.15. The molecule has 0 bridgehead atoms. The maximum Gasteiger partial charge on any atom is 0.232 e. The third kappa shape index (κ3) is 3.58. The molecule has 0 saturated heterocycles. The summed E-state index contributed by atoms with van der Waals surface area (Å²) in [6, 6.07) is 13.9. The van der Waals surface area contributed by atoms with Gasteiger partial charge < -0.3 is 10.1 Å². The highest BCUT2D eigenvalue weighted by atomic mass is 79.9. The van der Waals surface area contributed by atoms with Gasteiger partial charge in [0.2, 0.25) is 5.91 Å². The summed E-state index contributed by atoms with van der Waals surface area (Å²) in [6.45, 7) is 2.86. The van der Waals surface area contributed by atoms with Gasteiger partial charge >= 0.3 is 0 Å². The fourth-order valence-corrected chi connectivity index (χ4v) is 3.24. The second-order valence-electron chi connectivity index (χ2n) is 5.79. The fraction of sp³-hybridized carbons (Fsp3) is 0.316. The van der Waals surface area contributed by atoms with Crippen LogP contribution in [0, 0.1) is 0 Å². The van der Waals surface area contributed by atoms with Crippen molar-refractivity contribution in [3.05, 3.63) is 58.1 Å². The number of carbonyl (C=O) groups excluding carboxylic acids is 1. The van der Waals surface area contributed by atoms with Crippen molar-refractivity contribution in [2.75, 3.05) is 11.9 Å². The van der Waals surface area contributed by atoms with Gasteiger partial charge in [-0.2, -0.15) is 0 Å². The Kier molecular flexibility index (Phi) is 5.01. The van der Waals surface area contributed by atoms with Crippen molar-refractivity contribution in [2.45, 2.75) is 32.1 Å². The molecule has 23 heavy (non-hydrogen) atoms. The standard InChI is InChI=1S/C19H20BrNO2/c1-2-3-10-23-18-7-5-4-6-13(18)11-16-15-12-14(20)8-9-17(15)21-19(16)22/h4-9,12,16H,2-3,10-11H2,1H3,(H,21,22)/t16-/m1/s1. The number of amides is 1. The van der Waals surface area contributed by atoms with Crippen LogP contribution in [0.5, 0.6) is 5.75 Å². The first-order valence-electron chi connectivity index (χ1n) is 8.00. The second-order valence-corrected chi connectivity index (χ2v) is 6.70. The zero-order valence-electron chi connectivity index (χ0n) is 13.1. The lowest BCUT2D eigenvalue weighted by atomic mass is 9.93. The van der Waals surface area contributed by atoms with Crippen LogP contribution in [0.15, 0.2) is 46.9 Å². The zero-order chi connectivity index (χ0) is 16.2. The van der Waals surface area contributed by atoms with Crippen LogP contribution in [-0.4, -0.2) is 12.5 Å². The number of hydrogen-bond acceptors (Lipinski definition) is 2. The minimum Gasteiger partial charge on any atom is -0.493 e. The number of benzene rings is 2. The lowest BCUT2D eigenvalue weighted by molar-refractivity contribution is -0.117. The number of hydrogen-bond donors (Lipinski definition) is 1. The van der Waals surface area contributed by atoms with Crippen LogP contribution >= 0.6 is 15.9 Å². The minimum atomic E-state index is -0.168. The zero-order valence-corrected chi connectivity index (χ0v) is 14.7. The fourth-order valence-electron chi connectivity index (χ4n) is 2.86. The highest BCUT2D eigenvalue weighted by Gasteiger charge is 2.31. The molecule has 2 aromatic rings. The Bertz CT molecular complexity index is 714. The van der Waals surface area contributed by atoms with Gasteiger partial charge in [0.05, 0.1) is 12.5 Å². The second kappa shape index (κ2) is 7.18. The summed E-state index contributed by atoms with van der Waals surface area (Å²) in [5.74, 6) is 0.775. The van der Waals surface area contributed by atoms with Gasteiger partial charge in [-0.05, 0) is 48.2 Å². The first kappa shape index (κ1) is 16.1. The molecule has 2 aromatic carbocycles. The molecule has 0 aromatic heterocycles. The van der Waals surface area contributed by atoms with E-state index in [1.54, 1.807) is 0 Å². The first-order chi connectivity index (χ1) is 11.2. The molecule has 3 nitrogen and oxygen atoms in total. The Morgan fingerprint density at radius 2 is 2.04 bits per heavy atom. The number of anilines is 1. The van der Waals surface area contributed by atoms with Gasteiger partial charge in [0.15, 0.2) is 0 Å². The normalized spacial score (nSPS) is 16.1. The summed E-state index contributed by atoms with van der Waals surface area (Å²) in [7, 11) is 0. The maximum absolute atomic E-state index is 12.4. The molecule has 1 N–H and O–H groups in total. The van der Waals surface area contributed by atoms with Crippen LogP contribution in [0.25, 0.3) is 0 Å². The van der Waals surface area contributed by atoms with Gasteiger partial charge in [0.25, 0.3) is 0 Å². The SMILES string of the molecule is CCCCOc1ccccc1C[C@H]1C(=O)Nc2ccc(Br)cc21. The molecule has 120 valence electrons. The number of halogens is 1. The van der Waals surface area contributed by atoms with Crippen molar-refractivity contribution in [3.8, 4) is 5.75 Å². The molecule has 1 amide bonds. The van der Waals surface area contributed by atoms with Crippen LogP contribution in [0.1, 0.15) is 36.8 Å². The molecule has 1 aliphatic heterocycles. The number of para-hydroxylation sites is 1. The third-order valence-electron chi connectivity index (χ3n) is 4.12. The van der Waals surface area contributed by atoms with Crippen LogP contribution in [0.3, 0.4) is 0 Å². The van der Waals surface area contributed by atoms with Crippen molar-refractivity contribution >= 4 is 27.5 Å². The van der Waals surface area contributed by atoms with E-state index < -0.39 is 0 Å². The Labute approximate surface area is 145 Å². The van der Waals surface area contributed by atoms with E-state index in [0.29, 0.717) is 13.0 Å². The summed E-state index contributed by atoms with van der Waals surface area (Å²) < 4.78 is 6.88. The quantitative estimate of drug-likeness (QED) is 0.730. The Hall–Kier alpha value is -1.81. The largest absolute Gasteiger partial charge is 0.493 e. The van der Waals surface area contributed by atoms with Crippen LogP contribution in [0.2, 0.25) is 0 Å². The molecule has 0 fully saturated rings. The average Bonchev–Trinajstić information content (AvgIpc) is 2.85. The van der Waals surface area contributed by atoms with E-state index in [2.05, 4.69) is 28.2 Å². The smallest absolute Gasteiger partial charge is 0.232 e. The summed E-state index contributed by atoms with van der Waals surface area (Å²) in [5.41, 5.74) is 3.04. The highest BCUT2D eigenvalue weighted by Crippen LogP contribution is 2.37. The van der Waals surface area contributed by atoms with Crippen LogP contribution < -0.4 is 10.1 Å². The number of unbranched alkanes of at least 4 members (excludes halogenated alkanes) is 1. The van der Waals surface area contributed by atoms with Crippen molar-refractivity contribution in [3.63, 3.8) is 0 Å². The Balaban J connectivity index is 1.83. The van der Waals surface area contributed by atoms with Gasteiger partial charge in [-0.1, -0.05) is 47.5 Å². The summed E-state index contributed by atoms with van der Waals surface area (Å²) in [6.07, 6.45) is 2.79. The van der Waals surface area contributed by atoms with E-state index in [9.17, 15) is 4.79 Å². The number of fused-ring (bicyclic) bond motifs is 1. The minimum absolute atomic E-state index is 0.0569.